The van der Waals surface area contributed by atoms with Crippen LogP contribution in [0.1, 0.15) is 31.7 Å². The lowest BCUT2D eigenvalue weighted by atomic mass is 10.3. The molecule has 17 heavy (non-hydrogen) atoms. The molecule has 4 nitrogen and oxygen atoms in total. The van der Waals surface area contributed by atoms with E-state index in [4.69, 9.17) is 0 Å². The van der Waals surface area contributed by atoms with Gasteiger partial charge in [0, 0.05) is 6.20 Å². The number of aryl methyl sites for hydroxylation is 1. The van der Waals surface area contributed by atoms with E-state index >= 15 is 0 Å². The summed E-state index contributed by atoms with van der Waals surface area (Å²) in [6.45, 7) is 5.89. The number of nitrogens with zero attached hydrogens (tertiary/aromatic N) is 4. The van der Waals surface area contributed by atoms with E-state index in [0.29, 0.717) is 10.1 Å². The molecule has 0 aliphatic rings. The van der Waals surface area contributed by atoms with E-state index in [9.17, 15) is 13.2 Å². The topological polar surface area (TPSA) is 43.1 Å². The van der Waals surface area contributed by atoms with Crippen LogP contribution in [0.25, 0.3) is 5.65 Å². The van der Waals surface area contributed by atoms with Gasteiger partial charge in [-0.3, -0.25) is 0 Å². The van der Waals surface area contributed by atoms with Crippen molar-refractivity contribution in [2.45, 2.75) is 33.4 Å². The molecule has 2 aromatic heterocycles. The van der Waals surface area contributed by atoms with E-state index in [1.54, 1.807) is 13.0 Å². The average Bonchev–Trinajstić information content (AvgIpc) is 2.63. The smallest absolute Gasteiger partial charge is 0.189 e. The molecule has 0 aromatic carbocycles. The zero-order valence-corrected chi connectivity index (χ0v) is 9.78. The monoisotopic (exact) mass is 246 g/mol. The molecule has 2 rings (SSSR count). The SMILES string of the molecule is CCC.Cc1ccnn2c(C(F)(F)F)nnc12. The fourth-order valence-electron chi connectivity index (χ4n) is 1.10. The summed E-state index contributed by atoms with van der Waals surface area (Å²) in [5.74, 6) is -1.10. The van der Waals surface area contributed by atoms with Gasteiger partial charge in [-0.25, -0.2) is 0 Å². The third kappa shape index (κ3) is 2.92. The van der Waals surface area contributed by atoms with Gasteiger partial charge in [0.25, 0.3) is 5.82 Å². The number of hydrogen-bond donors (Lipinski definition) is 0. The van der Waals surface area contributed by atoms with Crippen molar-refractivity contribution in [1.29, 1.82) is 0 Å². The normalized spacial score (nSPS) is 11.2. The molecule has 7 heteroatoms. The van der Waals surface area contributed by atoms with Crippen LogP contribution in [0.3, 0.4) is 0 Å². The summed E-state index contributed by atoms with van der Waals surface area (Å²) in [6, 6.07) is 1.57. The molecule has 0 unspecified atom stereocenters. The van der Waals surface area contributed by atoms with Gasteiger partial charge in [-0.1, -0.05) is 20.3 Å². The van der Waals surface area contributed by atoms with Crippen molar-refractivity contribution in [3.05, 3.63) is 23.7 Å². The van der Waals surface area contributed by atoms with Gasteiger partial charge >= 0.3 is 6.18 Å². The Bertz CT molecular complexity index is 490. The maximum absolute atomic E-state index is 12.3. The molecule has 2 aromatic rings. The molecule has 0 spiro atoms. The summed E-state index contributed by atoms with van der Waals surface area (Å²) in [5, 5.41) is 10.0. The molecular formula is C10H13F3N4. The Morgan fingerprint density at radius 3 is 2.35 bits per heavy atom. The minimum absolute atomic E-state index is 0.125. The molecular weight excluding hydrogens is 233 g/mol. The second-order valence-corrected chi connectivity index (χ2v) is 3.48. The summed E-state index contributed by atoms with van der Waals surface area (Å²) < 4.78 is 37.6. The van der Waals surface area contributed by atoms with Gasteiger partial charge in [0.1, 0.15) is 0 Å². The Hall–Kier alpha value is -1.66. The van der Waals surface area contributed by atoms with Crippen LogP contribution < -0.4 is 0 Å². The van der Waals surface area contributed by atoms with Gasteiger partial charge in [-0.05, 0) is 18.6 Å². The third-order valence-electron chi connectivity index (χ3n) is 1.75. The minimum atomic E-state index is -4.53. The van der Waals surface area contributed by atoms with Gasteiger partial charge in [-0.2, -0.15) is 22.8 Å². The lowest BCUT2D eigenvalue weighted by Gasteiger charge is -2.02. The summed E-state index contributed by atoms with van der Waals surface area (Å²) in [6.07, 6.45) is -2.00. The molecule has 0 saturated heterocycles. The first-order valence-electron chi connectivity index (χ1n) is 5.16. The maximum Gasteiger partial charge on any atom is 0.453 e. The van der Waals surface area contributed by atoms with Crippen molar-refractivity contribution in [3.8, 4) is 0 Å². The number of fused-ring (bicyclic) bond motifs is 1. The summed E-state index contributed by atoms with van der Waals surface area (Å²) >= 11 is 0. The van der Waals surface area contributed by atoms with Crippen LogP contribution >= 0.6 is 0 Å². The first kappa shape index (κ1) is 13.4. The predicted molar refractivity (Wildman–Crippen MR) is 56.5 cm³/mol. The highest BCUT2D eigenvalue weighted by molar-refractivity contribution is 5.44. The van der Waals surface area contributed by atoms with Crippen LogP contribution in [0, 0.1) is 6.92 Å². The van der Waals surface area contributed by atoms with E-state index in [1.165, 1.54) is 12.6 Å². The number of halogens is 3. The minimum Gasteiger partial charge on any atom is -0.189 e. The van der Waals surface area contributed by atoms with E-state index in [2.05, 4.69) is 29.1 Å². The average molecular weight is 246 g/mol. The number of aromatic nitrogens is 4. The van der Waals surface area contributed by atoms with Crippen LogP contribution in [0.4, 0.5) is 13.2 Å². The molecule has 94 valence electrons. The fourth-order valence-corrected chi connectivity index (χ4v) is 1.10. The van der Waals surface area contributed by atoms with Crippen molar-refractivity contribution in [1.82, 2.24) is 19.8 Å². The maximum atomic E-state index is 12.3. The number of rotatable bonds is 0. The van der Waals surface area contributed by atoms with E-state index in [1.807, 2.05) is 0 Å². The lowest BCUT2D eigenvalue weighted by molar-refractivity contribution is -0.146. The van der Waals surface area contributed by atoms with Crippen molar-refractivity contribution in [3.63, 3.8) is 0 Å². The zero-order chi connectivity index (χ0) is 13.1. The van der Waals surface area contributed by atoms with Gasteiger partial charge < -0.3 is 0 Å². The van der Waals surface area contributed by atoms with Crippen molar-refractivity contribution in [2.75, 3.05) is 0 Å². The van der Waals surface area contributed by atoms with Crippen LogP contribution in [0.2, 0.25) is 0 Å². The van der Waals surface area contributed by atoms with Crippen molar-refractivity contribution >= 4 is 5.65 Å². The van der Waals surface area contributed by atoms with Crippen LogP contribution in [0.5, 0.6) is 0 Å². The molecule has 0 aliphatic heterocycles. The van der Waals surface area contributed by atoms with Crippen molar-refractivity contribution in [2.24, 2.45) is 0 Å². The van der Waals surface area contributed by atoms with Crippen molar-refractivity contribution < 1.29 is 13.2 Å². The number of hydrogen-bond acceptors (Lipinski definition) is 3. The zero-order valence-electron chi connectivity index (χ0n) is 9.78. The highest BCUT2D eigenvalue weighted by atomic mass is 19.4. The quantitative estimate of drug-likeness (QED) is 0.717. The molecule has 0 atom stereocenters. The Labute approximate surface area is 96.5 Å². The molecule has 0 bridgehead atoms. The van der Waals surface area contributed by atoms with Gasteiger partial charge in [-0.15, -0.1) is 10.2 Å². The highest BCUT2D eigenvalue weighted by Crippen LogP contribution is 2.27. The van der Waals surface area contributed by atoms with E-state index in [-0.39, 0.29) is 5.65 Å². The first-order valence-corrected chi connectivity index (χ1v) is 5.16. The second-order valence-electron chi connectivity index (χ2n) is 3.48. The molecule has 0 aliphatic carbocycles. The largest absolute Gasteiger partial charge is 0.453 e. The van der Waals surface area contributed by atoms with E-state index < -0.39 is 12.0 Å². The predicted octanol–water partition coefficient (Wildman–Crippen LogP) is 2.87. The second kappa shape index (κ2) is 5.11. The van der Waals surface area contributed by atoms with Crippen LogP contribution in [-0.4, -0.2) is 19.8 Å². The Morgan fingerprint density at radius 1 is 1.24 bits per heavy atom. The molecule has 0 saturated carbocycles. The number of alkyl halides is 3. The standard InChI is InChI=1S/C7H5F3N4.C3H8/c1-4-2-3-11-14-5(4)12-13-6(14)7(8,9)10;1-3-2/h2-3H,1H3;3H2,1-2H3. The first-order chi connectivity index (χ1) is 7.91. The molecule has 0 amide bonds. The molecule has 0 N–H and O–H groups in total. The van der Waals surface area contributed by atoms with Gasteiger partial charge in [0.05, 0.1) is 0 Å². The van der Waals surface area contributed by atoms with Gasteiger partial charge in [0.15, 0.2) is 5.65 Å². The Kier molecular flexibility index (Phi) is 4.03. The van der Waals surface area contributed by atoms with Gasteiger partial charge in [0.2, 0.25) is 0 Å². The fraction of sp³-hybridized carbons (Fsp3) is 0.500. The Balaban J connectivity index is 0.000000437. The summed E-state index contributed by atoms with van der Waals surface area (Å²) in [5.41, 5.74) is 0.725. The van der Waals surface area contributed by atoms with Crippen LogP contribution in [0.15, 0.2) is 12.3 Å². The Morgan fingerprint density at radius 2 is 1.82 bits per heavy atom. The summed E-state index contributed by atoms with van der Waals surface area (Å²) in [4.78, 5) is 0. The van der Waals surface area contributed by atoms with Crippen LogP contribution in [-0.2, 0) is 6.18 Å². The molecule has 0 fully saturated rings. The lowest BCUT2D eigenvalue weighted by Crippen LogP contribution is -2.12. The molecule has 0 radical (unpaired) electrons. The highest BCUT2D eigenvalue weighted by Gasteiger charge is 2.37. The van der Waals surface area contributed by atoms with E-state index in [0.717, 1.165) is 0 Å². The molecule has 2 heterocycles. The summed E-state index contributed by atoms with van der Waals surface area (Å²) in [7, 11) is 0. The third-order valence-corrected chi connectivity index (χ3v) is 1.75.